The molecule has 0 saturated heterocycles. The van der Waals surface area contributed by atoms with E-state index in [9.17, 15) is 18.0 Å². The summed E-state index contributed by atoms with van der Waals surface area (Å²) in [7, 11) is 0. The quantitative estimate of drug-likeness (QED) is 0.923. The second-order valence-electron chi connectivity index (χ2n) is 3.62. The monoisotopic (exact) mass is 303 g/mol. The summed E-state index contributed by atoms with van der Waals surface area (Å²) in [4.78, 5) is 21.3. The minimum atomic E-state index is -4.90. The Bertz CT molecular complexity index is 659. The third-order valence-corrected chi connectivity index (χ3v) is 2.47. The number of carboxylic acids is 1. The Hall–Kier alpha value is -2.22. The largest absolute Gasteiger partial charge is 0.478 e. The number of halogens is 4. The van der Waals surface area contributed by atoms with Crippen LogP contribution in [0.15, 0.2) is 24.5 Å². The molecule has 20 heavy (non-hydrogen) atoms. The molecule has 2 aromatic heterocycles. The summed E-state index contributed by atoms with van der Waals surface area (Å²) >= 11 is 5.61. The highest BCUT2D eigenvalue weighted by atomic mass is 35.5. The maximum absolute atomic E-state index is 12.8. The molecule has 2 heterocycles. The number of carboxylic acid groups (broad SMARTS) is 1. The third-order valence-electron chi connectivity index (χ3n) is 2.24. The number of aromatic carboxylic acids is 1. The van der Waals surface area contributed by atoms with Gasteiger partial charge in [-0.1, -0.05) is 11.6 Å². The van der Waals surface area contributed by atoms with Gasteiger partial charge in [0.15, 0.2) is 11.5 Å². The van der Waals surface area contributed by atoms with Gasteiger partial charge >= 0.3 is 12.1 Å². The Balaban J connectivity index is 2.58. The van der Waals surface area contributed by atoms with E-state index >= 15 is 0 Å². The SMILES string of the molecule is O=C(O)c1cnc(-c2ccc(Cl)cn2)nc1C(F)(F)F. The highest BCUT2D eigenvalue weighted by Gasteiger charge is 2.38. The van der Waals surface area contributed by atoms with Crippen LogP contribution in [0.2, 0.25) is 5.02 Å². The molecular weight excluding hydrogens is 299 g/mol. The zero-order valence-electron chi connectivity index (χ0n) is 9.52. The zero-order valence-corrected chi connectivity index (χ0v) is 10.3. The molecule has 0 fully saturated rings. The molecule has 9 heteroatoms. The van der Waals surface area contributed by atoms with Crippen molar-refractivity contribution >= 4 is 17.6 Å². The topological polar surface area (TPSA) is 76.0 Å². The lowest BCUT2D eigenvalue weighted by atomic mass is 10.2. The van der Waals surface area contributed by atoms with Gasteiger partial charge in [0, 0.05) is 12.4 Å². The van der Waals surface area contributed by atoms with Crippen LogP contribution in [0.1, 0.15) is 16.1 Å². The Morgan fingerprint density at radius 1 is 1.20 bits per heavy atom. The minimum Gasteiger partial charge on any atom is -0.478 e. The standard InChI is InChI=1S/C11H5ClF3N3O2/c12-5-1-2-7(16-3-5)9-17-4-6(10(19)20)8(18-9)11(13,14)15/h1-4H,(H,19,20). The predicted molar refractivity (Wildman–Crippen MR) is 62.2 cm³/mol. The van der Waals surface area contributed by atoms with Crippen molar-refractivity contribution in [1.29, 1.82) is 0 Å². The Morgan fingerprint density at radius 2 is 1.90 bits per heavy atom. The fourth-order valence-corrected chi connectivity index (χ4v) is 1.50. The van der Waals surface area contributed by atoms with Crippen LogP contribution in [0.3, 0.4) is 0 Å². The lowest BCUT2D eigenvalue weighted by Crippen LogP contribution is -2.16. The van der Waals surface area contributed by atoms with Gasteiger partial charge in [-0.05, 0) is 12.1 Å². The van der Waals surface area contributed by atoms with E-state index in [0.717, 1.165) is 0 Å². The van der Waals surface area contributed by atoms with Gasteiger partial charge in [-0.3, -0.25) is 4.98 Å². The van der Waals surface area contributed by atoms with Crippen molar-refractivity contribution in [2.75, 3.05) is 0 Å². The van der Waals surface area contributed by atoms with Gasteiger partial charge in [0.1, 0.15) is 11.3 Å². The molecule has 0 aliphatic rings. The van der Waals surface area contributed by atoms with Gasteiger partial charge < -0.3 is 5.11 Å². The molecule has 0 atom stereocenters. The number of alkyl halides is 3. The van der Waals surface area contributed by atoms with Gasteiger partial charge in [-0.2, -0.15) is 13.2 Å². The molecule has 0 aliphatic carbocycles. The first-order valence-electron chi connectivity index (χ1n) is 5.08. The maximum atomic E-state index is 12.8. The van der Waals surface area contributed by atoms with Gasteiger partial charge in [-0.25, -0.2) is 14.8 Å². The van der Waals surface area contributed by atoms with Gasteiger partial charge in [0.05, 0.1) is 5.02 Å². The van der Waals surface area contributed by atoms with Crippen molar-refractivity contribution in [1.82, 2.24) is 15.0 Å². The second kappa shape index (κ2) is 5.04. The van der Waals surface area contributed by atoms with Crippen LogP contribution in [-0.2, 0) is 6.18 Å². The Kier molecular flexibility index (Phi) is 3.58. The van der Waals surface area contributed by atoms with Crippen molar-refractivity contribution in [3.63, 3.8) is 0 Å². The van der Waals surface area contributed by atoms with Gasteiger partial charge in [0.25, 0.3) is 0 Å². The number of hydrogen-bond acceptors (Lipinski definition) is 4. The van der Waals surface area contributed by atoms with Crippen LogP contribution >= 0.6 is 11.6 Å². The van der Waals surface area contributed by atoms with E-state index in [2.05, 4.69) is 15.0 Å². The molecule has 2 aromatic rings. The van der Waals surface area contributed by atoms with Crippen LogP contribution in [0, 0.1) is 0 Å². The fraction of sp³-hybridized carbons (Fsp3) is 0.0909. The van der Waals surface area contributed by atoms with E-state index in [-0.39, 0.29) is 11.5 Å². The molecule has 0 unspecified atom stereocenters. The lowest BCUT2D eigenvalue weighted by molar-refractivity contribution is -0.141. The molecule has 2 rings (SSSR count). The first-order valence-corrected chi connectivity index (χ1v) is 5.46. The molecule has 0 bridgehead atoms. The summed E-state index contributed by atoms with van der Waals surface area (Å²) in [6.07, 6.45) is -3.08. The third kappa shape index (κ3) is 2.85. The van der Waals surface area contributed by atoms with Crippen molar-refractivity contribution < 1.29 is 23.1 Å². The molecule has 0 radical (unpaired) electrons. The molecule has 0 saturated carbocycles. The summed E-state index contributed by atoms with van der Waals surface area (Å²) in [5.74, 6) is -2.09. The van der Waals surface area contributed by atoms with Gasteiger partial charge in [-0.15, -0.1) is 0 Å². The van der Waals surface area contributed by atoms with Gasteiger partial charge in [0.2, 0.25) is 0 Å². The molecule has 0 aromatic carbocycles. The average Bonchev–Trinajstić information content (AvgIpc) is 2.38. The highest BCUT2D eigenvalue weighted by Crippen LogP contribution is 2.31. The summed E-state index contributed by atoms with van der Waals surface area (Å²) in [5, 5.41) is 9.01. The number of rotatable bonds is 2. The Morgan fingerprint density at radius 3 is 2.40 bits per heavy atom. The van der Waals surface area contributed by atoms with Crippen LogP contribution in [0.4, 0.5) is 13.2 Å². The van der Waals surface area contributed by atoms with Crippen LogP contribution in [0.25, 0.3) is 11.5 Å². The molecular formula is C11H5ClF3N3O2. The number of nitrogens with zero attached hydrogens (tertiary/aromatic N) is 3. The van der Waals surface area contributed by atoms with Crippen LogP contribution in [-0.4, -0.2) is 26.0 Å². The van der Waals surface area contributed by atoms with Crippen LogP contribution < -0.4 is 0 Å². The molecule has 0 spiro atoms. The number of carbonyl (C=O) groups is 1. The summed E-state index contributed by atoms with van der Waals surface area (Å²) < 4.78 is 38.3. The average molecular weight is 304 g/mol. The van der Waals surface area contributed by atoms with E-state index in [1.54, 1.807) is 0 Å². The van der Waals surface area contributed by atoms with Crippen molar-refractivity contribution in [3.05, 3.63) is 40.8 Å². The lowest BCUT2D eigenvalue weighted by Gasteiger charge is -2.10. The predicted octanol–water partition coefficient (Wildman–Crippen LogP) is 2.91. The van der Waals surface area contributed by atoms with E-state index < -0.39 is 23.4 Å². The summed E-state index contributed by atoms with van der Waals surface area (Å²) in [5.41, 5.74) is -2.49. The molecule has 104 valence electrons. The second-order valence-corrected chi connectivity index (χ2v) is 4.06. The minimum absolute atomic E-state index is 0.0526. The van der Waals surface area contributed by atoms with Crippen molar-refractivity contribution in [2.45, 2.75) is 6.18 Å². The van der Waals surface area contributed by atoms with Crippen LogP contribution in [0.5, 0.6) is 0 Å². The van der Waals surface area contributed by atoms with E-state index in [1.165, 1.54) is 18.3 Å². The van der Waals surface area contributed by atoms with Crippen molar-refractivity contribution in [2.24, 2.45) is 0 Å². The number of aromatic nitrogens is 3. The smallest absolute Gasteiger partial charge is 0.434 e. The molecule has 1 N–H and O–H groups in total. The molecule has 0 aliphatic heterocycles. The molecule has 0 amide bonds. The fourth-order valence-electron chi connectivity index (χ4n) is 1.39. The first kappa shape index (κ1) is 14.2. The Labute approximate surface area is 115 Å². The maximum Gasteiger partial charge on any atom is 0.434 e. The highest BCUT2D eigenvalue weighted by molar-refractivity contribution is 6.30. The van der Waals surface area contributed by atoms with Crippen molar-refractivity contribution in [3.8, 4) is 11.5 Å². The van der Waals surface area contributed by atoms with E-state index in [0.29, 0.717) is 11.2 Å². The normalized spacial score (nSPS) is 11.4. The first-order chi connectivity index (χ1) is 9.29. The summed E-state index contributed by atoms with van der Waals surface area (Å²) in [6, 6.07) is 2.74. The van der Waals surface area contributed by atoms with E-state index in [4.69, 9.17) is 16.7 Å². The zero-order chi connectivity index (χ0) is 14.9. The number of hydrogen-bond donors (Lipinski definition) is 1. The van der Waals surface area contributed by atoms with E-state index in [1.807, 2.05) is 0 Å². The molecule has 5 nitrogen and oxygen atoms in total. The summed E-state index contributed by atoms with van der Waals surface area (Å²) in [6.45, 7) is 0. The number of pyridine rings is 1.